The fraction of sp³-hybridized carbons (Fsp3) is 0.200. The molecule has 1 aliphatic heterocycles. The molecule has 3 aromatic rings. The zero-order chi connectivity index (χ0) is 22.9. The molecule has 1 atom stereocenters. The van der Waals surface area contributed by atoms with Crippen LogP contribution in [-0.2, 0) is 9.59 Å². The number of thioether (sulfide) groups is 1. The molecule has 0 saturated carbocycles. The Morgan fingerprint density at radius 1 is 1.19 bits per heavy atom. The summed E-state index contributed by atoms with van der Waals surface area (Å²) >= 11 is 7.49. The normalized spacial score (nSPS) is 16.3. The van der Waals surface area contributed by atoms with Gasteiger partial charge in [-0.25, -0.2) is 4.68 Å². The molecule has 12 heteroatoms. The summed E-state index contributed by atoms with van der Waals surface area (Å²) in [5, 5.41) is 6.82. The maximum Gasteiger partial charge on any atom is 0.409 e. The first-order valence-corrected chi connectivity index (χ1v) is 11.5. The SMILES string of the molecule is O=C1CC(C(F)(F)F)N(C(=O)CSc2nn(-c3ccccc3)c(=S)s2)c2ccccc2N1. The molecule has 0 fully saturated rings. The molecule has 1 aliphatic rings. The van der Waals surface area contributed by atoms with Crippen LogP contribution in [0.1, 0.15) is 6.42 Å². The van der Waals surface area contributed by atoms with Crippen LogP contribution < -0.4 is 10.2 Å². The van der Waals surface area contributed by atoms with Crippen molar-refractivity contribution in [3.05, 3.63) is 58.6 Å². The number of carbonyl (C=O) groups is 2. The molecule has 0 radical (unpaired) electrons. The quantitative estimate of drug-likeness (QED) is 0.404. The Balaban J connectivity index is 1.60. The van der Waals surface area contributed by atoms with Crippen molar-refractivity contribution < 1.29 is 22.8 Å². The molecule has 0 aliphatic carbocycles. The number of amides is 2. The summed E-state index contributed by atoms with van der Waals surface area (Å²) in [6.45, 7) is 0. The van der Waals surface area contributed by atoms with Gasteiger partial charge in [0.2, 0.25) is 11.8 Å². The van der Waals surface area contributed by atoms with Gasteiger partial charge in [0.05, 0.1) is 29.2 Å². The molecule has 4 rings (SSSR count). The molecule has 0 spiro atoms. The topological polar surface area (TPSA) is 67.2 Å². The van der Waals surface area contributed by atoms with Gasteiger partial charge in [-0.1, -0.05) is 53.4 Å². The lowest BCUT2D eigenvalue weighted by molar-refractivity contribution is -0.157. The molecule has 32 heavy (non-hydrogen) atoms. The first kappa shape index (κ1) is 22.5. The lowest BCUT2D eigenvalue weighted by atomic mass is 10.1. The van der Waals surface area contributed by atoms with Crippen molar-refractivity contribution in [2.24, 2.45) is 0 Å². The third kappa shape index (κ3) is 4.71. The third-order valence-electron chi connectivity index (χ3n) is 4.62. The van der Waals surface area contributed by atoms with E-state index < -0.39 is 30.5 Å². The lowest BCUT2D eigenvalue weighted by Gasteiger charge is -2.31. The second-order valence-electron chi connectivity index (χ2n) is 6.76. The molecule has 1 aromatic heterocycles. The van der Waals surface area contributed by atoms with Gasteiger partial charge in [0, 0.05) is 0 Å². The van der Waals surface area contributed by atoms with E-state index in [4.69, 9.17) is 12.2 Å². The summed E-state index contributed by atoms with van der Waals surface area (Å²) in [6, 6.07) is 12.8. The van der Waals surface area contributed by atoms with Gasteiger partial charge in [-0.3, -0.25) is 14.5 Å². The fourth-order valence-electron chi connectivity index (χ4n) is 3.24. The van der Waals surface area contributed by atoms with E-state index in [1.54, 1.807) is 6.07 Å². The highest BCUT2D eigenvalue weighted by atomic mass is 32.2. The number of rotatable bonds is 4. The van der Waals surface area contributed by atoms with Crippen LogP contribution in [-0.4, -0.2) is 39.6 Å². The van der Waals surface area contributed by atoms with Gasteiger partial charge in [0.15, 0.2) is 8.29 Å². The minimum atomic E-state index is -4.78. The fourth-order valence-corrected chi connectivity index (χ4v) is 5.46. The Morgan fingerprint density at radius 3 is 2.59 bits per heavy atom. The minimum absolute atomic E-state index is 0.00808. The minimum Gasteiger partial charge on any atom is -0.324 e. The van der Waals surface area contributed by atoms with E-state index in [1.165, 1.54) is 22.9 Å². The number of nitrogens with zero attached hydrogens (tertiary/aromatic N) is 3. The number of fused-ring (bicyclic) bond motifs is 1. The summed E-state index contributed by atoms with van der Waals surface area (Å²) < 4.78 is 43.8. The average Bonchev–Trinajstić information content (AvgIpc) is 3.05. The summed E-state index contributed by atoms with van der Waals surface area (Å²) in [4.78, 5) is 25.7. The molecule has 1 unspecified atom stereocenters. The number of hydrogen-bond donors (Lipinski definition) is 1. The number of hydrogen-bond acceptors (Lipinski definition) is 6. The maximum absolute atomic E-state index is 13.8. The van der Waals surface area contributed by atoms with Crippen LogP contribution in [0, 0.1) is 3.95 Å². The molecule has 6 nitrogen and oxygen atoms in total. The van der Waals surface area contributed by atoms with Gasteiger partial charge < -0.3 is 5.32 Å². The van der Waals surface area contributed by atoms with Crippen molar-refractivity contribution in [3.8, 4) is 5.69 Å². The van der Waals surface area contributed by atoms with Crippen LogP contribution in [0.15, 0.2) is 58.9 Å². The Labute approximate surface area is 194 Å². The van der Waals surface area contributed by atoms with E-state index >= 15 is 0 Å². The van der Waals surface area contributed by atoms with Crippen molar-refractivity contribution in [2.75, 3.05) is 16.0 Å². The van der Waals surface area contributed by atoms with E-state index in [9.17, 15) is 22.8 Å². The smallest absolute Gasteiger partial charge is 0.324 e. The highest BCUT2D eigenvalue weighted by Crippen LogP contribution is 2.38. The Kier molecular flexibility index (Phi) is 6.35. The molecule has 1 N–H and O–H groups in total. The Hall–Kier alpha value is -2.70. The zero-order valence-corrected chi connectivity index (χ0v) is 18.7. The first-order chi connectivity index (χ1) is 15.2. The molecule has 0 bridgehead atoms. The number of benzene rings is 2. The predicted octanol–water partition coefficient (Wildman–Crippen LogP) is 5.06. The van der Waals surface area contributed by atoms with Crippen molar-refractivity contribution in [3.63, 3.8) is 0 Å². The largest absolute Gasteiger partial charge is 0.409 e. The summed E-state index contributed by atoms with van der Waals surface area (Å²) in [6.07, 6.45) is -5.66. The van der Waals surface area contributed by atoms with Crippen molar-refractivity contribution in [1.82, 2.24) is 9.78 Å². The van der Waals surface area contributed by atoms with Crippen LogP contribution in [0.25, 0.3) is 5.69 Å². The first-order valence-electron chi connectivity index (χ1n) is 9.30. The molecular weight excluding hydrogens is 481 g/mol. The number of anilines is 2. The number of carbonyl (C=O) groups excluding carboxylic acids is 2. The molecule has 2 amide bonds. The summed E-state index contributed by atoms with van der Waals surface area (Å²) in [5.41, 5.74) is 0.912. The van der Waals surface area contributed by atoms with Crippen LogP contribution in [0.2, 0.25) is 0 Å². The van der Waals surface area contributed by atoms with Gasteiger partial charge in [-0.2, -0.15) is 13.2 Å². The maximum atomic E-state index is 13.8. The lowest BCUT2D eigenvalue weighted by Crippen LogP contribution is -2.50. The van der Waals surface area contributed by atoms with E-state index in [0.29, 0.717) is 13.2 Å². The van der Waals surface area contributed by atoms with E-state index in [-0.39, 0.29) is 17.1 Å². The molecule has 2 heterocycles. The van der Waals surface area contributed by atoms with Gasteiger partial charge >= 0.3 is 6.18 Å². The number of aromatic nitrogens is 2. The van der Waals surface area contributed by atoms with Crippen LogP contribution in [0.4, 0.5) is 24.5 Å². The highest BCUT2D eigenvalue weighted by molar-refractivity contribution is 8.01. The second-order valence-corrected chi connectivity index (χ2v) is 9.61. The van der Waals surface area contributed by atoms with Crippen molar-refractivity contribution in [2.45, 2.75) is 23.0 Å². The van der Waals surface area contributed by atoms with E-state index in [0.717, 1.165) is 28.8 Å². The third-order valence-corrected chi connectivity index (χ3v) is 6.97. The highest BCUT2D eigenvalue weighted by Gasteiger charge is 2.48. The molecular formula is C20H15F3N4O2S3. The van der Waals surface area contributed by atoms with Gasteiger partial charge in [-0.15, -0.1) is 5.10 Å². The summed E-state index contributed by atoms with van der Waals surface area (Å²) in [5.74, 6) is -1.89. The van der Waals surface area contributed by atoms with Gasteiger partial charge in [0.1, 0.15) is 6.04 Å². The second kappa shape index (κ2) is 9.04. The van der Waals surface area contributed by atoms with Crippen LogP contribution in [0.3, 0.4) is 0 Å². The van der Waals surface area contributed by atoms with Gasteiger partial charge in [0.25, 0.3) is 0 Å². The Morgan fingerprint density at radius 2 is 1.88 bits per heavy atom. The summed E-state index contributed by atoms with van der Waals surface area (Å²) in [7, 11) is 0. The van der Waals surface area contributed by atoms with Crippen molar-refractivity contribution in [1.29, 1.82) is 0 Å². The molecule has 166 valence electrons. The molecule has 2 aromatic carbocycles. The number of halogens is 3. The number of alkyl halides is 3. The predicted molar refractivity (Wildman–Crippen MR) is 120 cm³/mol. The van der Waals surface area contributed by atoms with E-state index in [1.807, 2.05) is 30.3 Å². The van der Waals surface area contributed by atoms with Crippen LogP contribution >= 0.6 is 35.3 Å². The van der Waals surface area contributed by atoms with E-state index in [2.05, 4.69) is 10.4 Å². The van der Waals surface area contributed by atoms with Crippen molar-refractivity contribution >= 4 is 58.5 Å². The number of para-hydroxylation sites is 3. The Bertz CT molecular complexity index is 1210. The molecule has 0 saturated heterocycles. The zero-order valence-electron chi connectivity index (χ0n) is 16.2. The number of nitrogens with one attached hydrogen (secondary N) is 1. The standard InChI is InChI=1S/C20H15F3N4O2S3/c21-20(22,23)15-10-16(28)24-13-8-4-5-9-14(13)26(15)17(29)11-31-18-25-27(19(30)32-18)12-6-2-1-3-7-12/h1-9,15H,10-11H2,(H,24,28). The van der Waals surface area contributed by atoms with Crippen LogP contribution in [0.5, 0.6) is 0 Å². The average molecular weight is 497 g/mol. The monoisotopic (exact) mass is 496 g/mol. The van der Waals surface area contributed by atoms with Gasteiger partial charge in [-0.05, 0) is 36.5 Å².